The number of nitrogens with one attached hydrogen (secondary N) is 2. The zero-order valence-electron chi connectivity index (χ0n) is 15.9. The molecule has 0 saturated carbocycles. The van der Waals surface area contributed by atoms with Gasteiger partial charge in [0.15, 0.2) is 5.16 Å². The molecule has 2 saturated heterocycles. The Labute approximate surface area is 165 Å². The fraction of sp³-hybridized carbons (Fsp3) is 0.579. The summed E-state index contributed by atoms with van der Waals surface area (Å²) >= 11 is 1.59. The van der Waals surface area contributed by atoms with E-state index in [1.165, 1.54) is 11.4 Å². The Kier molecular flexibility index (Phi) is 6.16. The molecule has 0 aromatic carbocycles. The zero-order chi connectivity index (χ0) is 18.5. The highest BCUT2D eigenvalue weighted by Crippen LogP contribution is 2.26. The van der Waals surface area contributed by atoms with Crippen LogP contribution in [-0.4, -0.2) is 73.6 Å². The number of hydrogen-bond donors (Lipinski definition) is 2. The lowest BCUT2D eigenvalue weighted by Gasteiger charge is -2.32. The summed E-state index contributed by atoms with van der Waals surface area (Å²) in [4.78, 5) is 14.1. The second-order valence-corrected chi connectivity index (χ2v) is 7.68. The maximum Gasteiger partial charge on any atom is 0.191 e. The molecule has 146 valence electrons. The van der Waals surface area contributed by atoms with Gasteiger partial charge >= 0.3 is 0 Å². The molecule has 2 fully saturated rings. The van der Waals surface area contributed by atoms with Gasteiger partial charge in [-0.3, -0.25) is 0 Å². The molecule has 0 spiro atoms. The molecule has 3 heterocycles. The first-order valence-electron chi connectivity index (χ1n) is 9.70. The quantitative estimate of drug-likeness (QED) is 0.586. The number of aromatic nitrogens is 2. The van der Waals surface area contributed by atoms with Gasteiger partial charge in [0.1, 0.15) is 11.6 Å². The van der Waals surface area contributed by atoms with Crippen LogP contribution in [0.15, 0.2) is 34.8 Å². The van der Waals surface area contributed by atoms with E-state index < -0.39 is 0 Å². The number of thioether (sulfide) groups is 1. The van der Waals surface area contributed by atoms with Crippen molar-refractivity contribution >= 4 is 23.4 Å². The van der Waals surface area contributed by atoms with Crippen molar-refractivity contribution in [2.45, 2.75) is 18.0 Å². The highest BCUT2D eigenvalue weighted by atomic mass is 32.2. The van der Waals surface area contributed by atoms with Crippen LogP contribution in [0.1, 0.15) is 12.8 Å². The van der Waals surface area contributed by atoms with Crippen LogP contribution in [-0.2, 0) is 4.74 Å². The number of allylic oxidation sites excluding steroid dienone is 4. The number of hydrogen-bond acceptors (Lipinski definition) is 8. The summed E-state index contributed by atoms with van der Waals surface area (Å²) in [6.07, 6.45) is 8.53. The van der Waals surface area contributed by atoms with Gasteiger partial charge < -0.3 is 25.2 Å². The van der Waals surface area contributed by atoms with E-state index in [9.17, 15) is 0 Å². The second kappa shape index (κ2) is 8.95. The first-order chi connectivity index (χ1) is 13.3. The van der Waals surface area contributed by atoms with Gasteiger partial charge in [-0.1, -0.05) is 11.8 Å². The van der Waals surface area contributed by atoms with Crippen LogP contribution < -0.4 is 15.5 Å². The number of nitrogens with zero attached hydrogens (tertiary/aromatic N) is 4. The number of piperazine rings is 1. The van der Waals surface area contributed by atoms with Crippen LogP contribution >= 0.6 is 11.8 Å². The van der Waals surface area contributed by atoms with Gasteiger partial charge in [-0.2, -0.15) is 0 Å². The third-order valence-electron chi connectivity index (χ3n) is 5.15. The third-order valence-corrected chi connectivity index (χ3v) is 5.70. The summed E-state index contributed by atoms with van der Waals surface area (Å²) in [7, 11) is 0. The van der Waals surface area contributed by atoms with Crippen LogP contribution in [0.4, 0.5) is 11.6 Å². The minimum atomic E-state index is 0.814. The van der Waals surface area contributed by atoms with Crippen LogP contribution in [0.25, 0.3) is 0 Å². The van der Waals surface area contributed by atoms with E-state index in [2.05, 4.69) is 43.6 Å². The maximum atomic E-state index is 5.45. The minimum absolute atomic E-state index is 0.814. The highest BCUT2D eigenvalue weighted by Gasteiger charge is 2.18. The van der Waals surface area contributed by atoms with Gasteiger partial charge in [0.05, 0.1) is 13.2 Å². The summed E-state index contributed by atoms with van der Waals surface area (Å²) in [6.45, 7) is 7.64. The van der Waals surface area contributed by atoms with Gasteiger partial charge in [0, 0.05) is 56.7 Å². The van der Waals surface area contributed by atoms with E-state index in [-0.39, 0.29) is 0 Å². The number of ether oxygens (including phenoxy) is 1. The van der Waals surface area contributed by atoms with Gasteiger partial charge in [0.2, 0.25) is 0 Å². The van der Waals surface area contributed by atoms with Crippen LogP contribution in [0.2, 0.25) is 0 Å². The van der Waals surface area contributed by atoms with E-state index in [4.69, 9.17) is 9.72 Å². The van der Waals surface area contributed by atoms with E-state index in [1.54, 1.807) is 11.8 Å². The van der Waals surface area contributed by atoms with Crippen molar-refractivity contribution in [1.82, 2.24) is 20.2 Å². The molecule has 4 rings (SSSR count). The van der Waals surface area contributed by atoms with Gasteiger partial charge in [-0.25, -0.2) is 9.97 Å². The average Bonchev–Trinajstić information content (AvgIpc) is 2.75. The number of rotatable bonds is 5. The Morgan fingerprint density at radius 3 is 2.56 bits per heavy atom. The molecular weight excluding hydrogens is 360 g/mol. The Balaban J connectivity index is 1.47. The van der Waals surface area contributed by atoms with Gasteiger partial charge in [-0.15, -0.1) is 0 Å². The standard InChI is InChI=1S/C19H28N6OS/c1-27-19-22-17(14-18(23-19)25-8-6-20-7-9-25)21-15-2-4-16(5-3-15)24-10-12-26-13-11-24/h2,4,14,20H,3,5-13H2,1H3,(H,21,22,23). The van der Waals surface area contributed by atoms with E-state index in [1.807, 2.05) is 6.26 Å². The molecule has 0 unspecified atom stereocenters. The Morgan fingerprint density at radius 1 is 1.04 bits per heavy atom. The normalized spacial score (nSPS) is 20.9. The molecule has 1 aliphatic carbocycles. The Morgan fingerprint density at radius 2 is 1.85 bits per heavy atom. The molecular formula is C19H28N6OS. The average molecular weight is 389 g/mol. The molecule has 1 aromatic heterocycles. The monoisotopic (exact) mass is 388 g/mol. The first kappa shape index (κ1) is 18.6. The molecule has 0 radical (unpaired) electrons. The van der Waals surface area contributed by atoms with Gasteiger partial charge in [0.25, 0.3) is 0 Å². The zero-order valence-corrected chi connectivity index (χ0v) is 16.7. The largest absolute Gasteiger partial charge is 0.378 e. The van der Waals surface area contributed by atoms with Crippen molar-refractivity contribution in [2.24, 2.45) is 0 Å². The van der Waals surface area contributed by atoms with Crippen molar-refractivity contribution < 1.29 is 4.74 Å². The van der Waals surface area contributed by atoms with Crippen LogP contribution in [0.3, 0.4) is 0 Å². The molecule has 2 aliphatic heterocycles. The summed E-state index contributed by atoms with van der Waals surface area (Å²) in [5.41, 5.74) is 2.63. The highest BCUT2D eigenvalue weighted by molar-refractivity contribution is 7.98. The summed E-state index contributed by atoms with van der Waals surface area (Å²) in [6, 6.07) is 2.08. The van der Waals surface area contributed by atoms with Crippen molar-refractivity contribution in [3.05, 3.63) is 29.6 Å². The number of morpholine rings is 1. The minimum Gasteiger partial charge on any atom is -0.378 e. The molecule has 7 nitrogen and oxygen atoms in total. The first-order valence-corrected chi connectivity index (χ1v) is 10.9. The van der Waals surface area contributed by atoms with Crippen molar-refractivity contribution in [3.63, 3.8) is 0 Å². The predicted molar refractivity (Wildman–Crippen MR) is 110 cm³/mol. The third kappa shape index (κ3) is 4.75. The topological polar surface area (TPSA) is 65.6 Å². The van der Waals surface area contributed by atoms with Crippen LogP contribution in [0, 0.1) is 0 Å². The molecule has 1 aromatic rings. The fourth-order valence-corrected chi connectivity index (χ4v) is 4.01. The van der Waals surface area contributed by atoms with Crippen molar-refractivity contribution in [1.29, 1.82) is 0 Å². The van der Waals surface area contributed by atoms with Crippen LogP contribution in [0.5, 0.6) is 0 Å². The molecule has 8 heteroatoms. The molecule has 0 bridgehead atoms. The molecule has 27 heavy (non-hydrogen) atoms. The predicted octanol–water partition coefficient (Wildman–Crippen LogP) is 1.91. The summed E-state index contributed by atoms with van der Waals surface area (Å²) in [5, 5.41) is 7.73. The lowest BCUT2D eigenvalue weighted by atomic mass is 10.1. The lowest BCUT2D eigenvalue weighted by Crippen LogP contribution is -2.44. The second-order valence-electron chi connectivity index (χ2n) is 6.91. The Bertz CT molecular complexity index is 710. The fourth-order valence-electron chi connectivity index (χ4n) is 3.63. The Hall–Kier alpha value is -1.77. The summed E-state index contributed by atoms with van der Waals surface area (Å²) in [5.74, 6) is 1.90. The lowest BCUT2D eigenvalue weighted by molar-refractivity contribution is 0.0520. The molecule has 0 amide bonds. The smallest absolute Gasteiger partial charge is 0.191 e. The van der Waals surface area contributed by atoms with E-state index >= 15 is 0 Å². The van der Waals surface area contributed by atoms with Gasteiger partial charge in [-0.05, 0) is 31.2 Å². The number of anilines is 2. The molecule has 0 atom stereocenters. The van der Waals surface area contributed by atoms with E-state index in [0.29, 0.717) is 0 Å². The molecule has 3 aliphatic rings. The summed E-state index contributed by atoms with van der Waals surface area (Å²) < 4.78 is 5.45. The van der Waals surface area contributed by atoms with Crippen molar-refractivity contribution in [2.75, 3.05) is 69.0 Å². The molecule has 2 N–H and O–H groups in total. The van der Waals surface area contributed by atoms with Crippen molar-refractivity contribution in [3.8, 4) is 0 Å². The SMILES string of the molecule is CSc1nc(NC2=CC=C(N3CCOCC3)CC2)cc(N2CCNCC2)n1. The maximum absolute atomic E-state index is 5.45. The van der Waals surface area contributed by atoms with E-state index in [0.717, 1.165) is 82.1 Å².